The minimum absolute atomic E-state index is 0.217. The van der Waals surface area contributed by atoms with Crippen LogP contribution in [0.1, 0.15) is 52.9 Å². The summed E-state index contributed by atoms with van der Waals surface area (Å²) in [6, 6.07) is 0. The number of rotatable bonds is 6. The molecule has 2 heteroatoms. The van der Waals surface area contributed by atoms with Crippen molar-refractivity contribution in [1.82, 2.24) is 0 Å². The first kappa shape index (κ1) is 12.7. The molecule has 0 spiro atoms. The van der Waals surface area contributed by atoms with Gasteiger partial charge in [0.05, 0.1) is 6.10 Å². The van der Waals surface area contributed by atoms with E-state index in [2.05, 4.69) is 13.8 Å². The average molecular weight is 212 g/mol. The second-order valence-electron chi connectivity index (χ2n) is 5.03. The van der Waals surface area contributed by atoms with E-state index in [1.54, 1.807) is 0 Å². The van der Waals surface area contributed by atoms with Crippen LogP contribution in [0, 0.1) is 11.8 Å². The van der Waals surface area contributed by atoms with Gasteiger partial charge in [-0.1, -0.05) is 20.8 Å². The molecule has 0 N–H and O–H groups in total. The maximum Gasteiger partial charge on any atom is 0.135 e. The molecule has 0 aromatic rings. The summed E-state index contributed by atoms with van der Waals surface area (Å²) in [6.07, 6.45) is 5.62. The Balaban J connectivity index is 2.11. The first-order chi connectivity index (χ1) is 7.11. The zero-order chi connectivity index (χ0) is 11.3. The highest BCUT2D eigenvalue weighted by atomic mass is 16.5. The van der Waals surface area contributed by atoms with Crippen molar-refractivity contribution in [3.05, 3.63) is 0 Å². The van der Waals surface area contributed by atoms with E-state index in [0.717, 1.165) is 25.9 Å². The molecular formula is C13H24O2. The van der Waals surface area contributed by atoms with E-state index in [0.29, 0.717) is 17.8 Å². The molecule has 1 saturated heterocycles. The van der Waals surface area contributed by atoms with Gasteiger partial charge in [-0.3, -0.25) is 4.79 Å². The van der Waals surface area contributed by atoms with E-state index < -0.39 is 0 Å². The number of hydrogen-bond acceptors (Lipinski definition) is 2. The van der Waals surface area contributed by atoms with Crippen LogP contribution in [0.4, 0.5) is 0 Å². The van der Waals surface area contributed by atoms with Gasteiger partial charge in [0, 0.05) is 18.9 Å². The van der Waals surface area contributed by atoms with Gasteiger partial charge in [-0.2, -0.15) is 0 Å². The lowest BCUT2D eigenvalue weighted by Crippen LogP contribution is -2.17. The lowest BCUT2D eigenvalue weighted by atomic mass is 9.90. The summed E-state index contributed by atoms with van der Waals surface area (Å²) in [4.78, 5) is 11.7. The second-order valence-corrected chi connectivity index (χ2v) is 5.03. The third-order valence-corrected chi connectivity index (χ3v) is 3.48. The van der Waals surface area contributed by atoms with E-state index >= 15 is 0 Å². The van der Waals surface area contributed by atoms with Crippen LogP contribution in [-0.4, -0.2) is 18.5 Å². The van der Waals surface area contributed by atoms with E-state index in [9.17, 15) is 4.79 Å². The number of carbonyl (C=O) groups excluding carboxylic acids is 1. The van der Waals surface area contributed by atoms with Gasteiger partial charge in [-0.15, -0.1) is 0 Å². The fourth-order valence-corrected chi connectivity index (χ4v) is 1.98. The molecule has 1 aliphatic heterocycles. The van der Waals surface area contributed by atoms with Crippen molar-refractivity contribution in [3.63, 3.8) is 0 Å². The number of carbonyl (C=O) groups is 1. The first-order valence-electron chi connectivity index (χ1n) is 6.25. The summed E-state index contributed by atoms with van der Waals surface area (Å²) >= 11 is 0. The van der Waals surface area contributed by atoms with E-state index in [4.69, 9.17) is 4.74 Å². The molecule has 1 fully saturated rings. The maximum absolute atomic E-state index is 11.7. The molecule has 0 aliphatic carbocycles. The second kappa shape index (κ2) is 6.26. The molecule has 1 heterocycles. The van der Waals surface area contributed by atoms with Crippen LogP contribution >= 0.6 is 0 Å². The van der Waals surface area contributed by atoms with Crippen LogP contribution in [0.15, 0.2) is 0 Å². The Labute approximate surface area is 93.4 Å². The Kier molecular flexibility index (Phi) is 5.30. The van der Waals surface area contributed by atoms with Gasteiger partial charge in [0.15, 0.2) is 0 Å². The van der Waals surface area contributed by atoms with Gasteiger partial charge < -0.3 is 4.74 Å². The van der Waals surface area contributed by atoms with Crippen LogP contribution in [0.2, 0.25) is 0 Å². The highest BCUT2D eigenvalue weighted by Gasteiger charge is 2.18. The highest BCUT2D eigenvalue weighted by Crippen LogP contribution is 2.19. The van der Waals surface area contributed by atoms with Crippen LogP contribution in [0.5, 0.6) is 0 Å². The quantitative estimate of drug-likeness (QED) is 0.676. The summed E-state index contributed by atoms with van der Waals surface area (Å²) in [5.74, 6) is 1.11. The predicted molar refractivity (Wildman–Crippen MR) is 61.8 cm³/mol. The van der Waals surface area contributed by atoms with E-state index in [-0.39, 0.29) is 5.92 Å². The normalized spacial score (nSPS) is 23.3. The predicted octanol–water partition coefficient (Wildman–Crippen LogP) is 3.20. The van der Waals surface area contributed by atoms with Crippen LogP contribution in [-0.2, 0) is 9.53 Å². The Morgan fingerprint density at radius 3 is 2.67 bits per heavy atom. The van der Waals surface area contributed by atoms with Crippen LogP contribution in [0.25, 0.3) is 0 Å². The third-order valence-electron chi connectivity index (χ3n) is 3.48. The molecular weight excluding hydrogens is 188 g/mol. The Morgan fingerprint density at radius 2 is 2.13 bits per heavy atom. The van der Waals surface area contributed by atoms with Crippen molar-refractivity contribution in [1.29, 1.82) is 0 Å². The average Bonchev–Trinajstić information content (AvgIpc) is 2.69. The van der Waals surface area contributed by atoms with Crippen molar-refractivity contribution in [2.24, 2.45) is 11.8 Å². The molecule has 0 radical (unpaired) electrons. The summed E-state index contributed by atoms with van der Waals surface area (Å²) in [5, 5.41) is 0. The van der Waals surface area contributed by atoms with Crippen molar-refractivity contribution in [3.8, 4) is 0 Å². The van der Waals surface area contributed by atoms with Gasteiger partial charge in [-0.25, -0.2) is 0 Å². The van der Waals surface area contributed by atoms with Gasteiger partial charge >= 0.3 is 0 Å². The molecule has 2 unspecified atom stereocenters. The molecule has 0 bridgehead atoms. The molecule has 0 saturated carbocycles. The minimum Gasteiger partial charge on any atom is -0.378 e. The van der Waals surface area contributed by atoms with Crippen LogP contribution in [0.3, 0.4) is 0 Å². The summed E-state index contributed by atoms with van der Waals surface area (Å²) < 4.78 is 5.53. The molecule has 1 aliphatic rings. The minimum atomic E-state index is 0.217. The molecule has 15 heavy (non-hydrogen) atoms. The van der Waals surface area contributed by atoms with Gasteiger partial charge in [0.2, 0.25) is 0 Å². The lowest BCUT2D eigenvalue weighted by Gasteiger charge is -2.14. The fourth-order valence-electron chi connectivity index (χ4n) is 1.98. The molecule has 88 valence electrons. The molecule has 1 rings (SSSR count). The lowest BCUT2D eigenvalue weighted by molar-refractivity contribution is -0.123. The molecule has 0 aromatic heterocycles. The Morgan fingerprint density at radius 1 is 1.40 bits per heavy atom. The van der Waals surface area contributed by atoms with Gasteiger partial charge in [0.1, 0.15) is 5.78 Å². The summed E-state index contributed by atoms with van der Waals surface area (Å²) in [5.41, 5.74) is 0. The first-order valence-corrected chi connectivity index (χ1v) is 6.25. The number of Topliss-reactive ketones (excluding diaryl/α,β-unsaturated/α-hetero) is 1. The van der Waals surface area contributed by atoms with Crippen molar-refractivity contribution in [2.45, 2.75) is 59.0 Å². The van der Waals surface area contributed by atoms with Crippen molar-refractivity contribution >= 4 is 5.78 Å². The van der Waals surface area contributed by atoms with Gasteiger partial charge in [0.25, 0.3) is 0 Å². The number of ether oxygens (including phenoxy) is 1. The van der Waals surface area contributed by atoms with E-state index in [1.807, 2.05) is 6.92 Å². The number of hydrogen-bond donors (Lipinski definition) is 0. The number of ketones is 1. The molecule has 2 atom stereocenters. The largest absolute Gasteiger partial charge is 0.378 e. The summed E-state index contributed by atoms with van der Waals surface area (Å²) in [6.45, 7) is 7.19. The topological polar surface area (TPSA) is 26.3 Å². The molecule has 0 amide bonds. The smallest absolute Gasteiger partial charge is 0.135 e. The molecule has 0 aromatic carbocycles. The van der Waals surface area contributed by atoms with Gasteiger partial charge in [-0.05, 0) is 31.6 Å². The van der Waals surface area contributed by atoms with Crippen molar-refractivity contribution < 1.29 is 9.53 Å². The SMILES string of the molecule is CC(C)C(C)C(=O)CCCC1CCCO1. The van der Waals surface area contributed by atoms with Crippen molar-refractivity contribution in [2.75, 3.05) is 6.61 Å². The van der Waals surface area contributed by atoms with Crippen LogP contribution < -0.4 is 0 Å². The fraction of sp³-hybridized carbons (Fsp3) is 0.923. The highest BCUT2D eigenvalue weighted by molar-refractivity contribution is 5.80. The summed E-state index contributed by atoms with van der Waals surface area (Å²) in [7, 11) is 0. The monoisotopic (exact) mass is 212 g/mol. The Bertz CT molecular complexity index is 193. The standard InChI is InChI=1S/C13H24O2/c1-10(2)11(3)13(14)8-4-6-12-7-5-9-15-12/h10-12H,4-9H2,1-3H3. The Hall–Kier alpha value is -0.370. The zero-order valence-corrected chi connectivity index (χ0v) is 10.3. The third kappa shape index (κ3) is 4.33. The molecule has 2 nitrogen and oxygen atoms in total. The maximum atomic E-state index is 11.7. The van der Waals surface area contributed by atoms with E-state index in [1.165, 1.54) is 12.8 Å². The zero-order valence-electron chi connectivity index (χ0n) is 10.3.